The van der Waals surface area contributed by atoms with Gasteiger partial charge in [-0.05, 0) is 38.7 Å². The Morgan fingerprint density at radius 3 is 2.59 bits per heavy atom. The largest absolute Gasteiger partial charge is 1.00 e. The fraction of sp³-hybridized carbons (Fsp3) is 0.560. The van der Waals surface area contributed by atoms with Gasteiger partial charge in [-0.25, -0.2) is 14.6 Å². The van der Waals surface area contributed by atoms with E-state index in [1.807, 2.05) is 6.08 Å². The molecule has 4 rings (SSSR count). The second-order valence-corrected chi connectivity index (χ2v) is 12.4. The van der Waals surface area contributed by atoms with Crippen LogP contribution in [0.2, 0.25) is 0 Å². The van der Waals surface area contributed by atoms with E-state index in [-0.39, 0.29) is 53.1 Å². The summed E-state index contributed by atoms with van der Waals surface area (Å²) in [4.78, 5) is 55.8. The smallest absolute Gasteiger partial charge is 1.00 e. The number of thiazole rings is 1. The van der Waals surface area contributed by atoms with Gasteiger partial charge in [0.2, 0.25) is 0 Å². The SMILES string of the molecule is CC(C)(C)OC(=O)Nc1nc(/C(=C\CC2CCCC2)C(=O)N[C@@H]2C(=O)N3C(C(=O)O)=C(CO)CS[C@H]23)cs1.[H-].[Na+]. The summed E-state index contributed by atoms with van der Waals surface area (Å²) in [6.07, 6.45) is 6.34. The maximum Gasteiger partial charge on any atom is 1.00 e. The number of amides is 3. The van der Waals surface area contributed by atoms with Crippen molar-refractivity contribution in [1.82, 2.24) is 15.2 Å². The standard InChI is InChI=1S/C25H32N4O7S2.Na.H/c1-25(2,3)36-24(35)28-23-26-16(12-38-23)15(9-8-13-6-4-5-7-13)19(31)27-17-20(32)29-18(22(33)34)14(10-30)11-37-21(17)29;;/h9,12-13,17,21,30H,4-8,10-11H2,1-3H3,(H,27,31)(H,33,34)(H,26,28,35);;/q;+1;-1/b15-9+;;/t17-,21-;;/m1../s1. The molecule has 1 aliphatic carbocycles. The Hall–Kier alpha value is -1.90. The molecule has 39 heavy (non-hydrogen) atoms. The minimum atomic E-state index is -1.29. The Kier molecular flexibility index (Phi) is 10.7. The summed E-state index contributed by atoms with van der Waals surface area (Å²) in [7, 11) is 0. The van der Waals surface area contributed by atoms with Crippen LogP contribution >= 0.6 is 23.1 Å². The number of aliphatic carboxylic acids is 1. The van der Waals surface area contributed by atoms with Gasteiger partial charge in [-0.2, -0.15) is 0 Å². The Morgan fingerprint density at radius 2 is 1.97 bits per heavy atom. The van der Waals surface area contributed by atoms with E-state index in [1.165, 1.54) is 11.8 Å². The van der Waals surface area contributed by atoms with Crippen LogP contribution in [0.4, 0.5) is 9.93 Å². The molecule has 0 radical (unpaired) electrons. The predicted molar refractivity (Wildman–Crippen MR) is 144 cm³/mol. The van der Waals surface area contributed by atoms with Crippen LogP contribution in [0.3, 0.4) is 0 Å². The van der Waals surface area contributed by atoms with E-state index < -0.39 is 47.5 Å². The Labute approximate surface area is 258 Å². The van der Waals surface area contributed by atoms with E-state index >= 15 is 0 Å². The first-order chi connectivity index (χ1) is 18.0. The van der Waals surface area contributed by atoms with Crippen molar-refractivity contribution >= 4 is 57.7 Å². The van der Waals surface area contributed by atoms with E-state index in [2.05, 4.69) is 15.6 Å². The number of β-lactam (4-membered cyclic amide) rings is 1. The fourth-order valence-corrected chi connectivity index (χ4v) is 6.75. The molecule has 0 bridgehead atoms. The number of aromatic nitrogens is 1. The summed E-state index contributed by atoms with van der Waals surface area (Å²) in [6, 6.07) is -0.907. The first-order valence-corrected chi connectivity index (χ1v) is 14.4. The summed E-state index contributed by atoms with van der Waals surface area (Å²) in [5.74, 6) is -1.62. The molecule has 0 aromatic carbocycles. The Morgan fingerprint density at radius 1 is 1.28 bits per heavy atom. The van der Waals surface area contributed by atoms with Gasteiger partial charge in [0.1, 0.15) is 22.7 Å². The van der Waals surface area contributed by atoms with Crippen molar-refractivity contribution < 1.29 is 65.1 Å². The quantitative estimate of drug-likeness (QED) is 0.190. The third-order valence-electron chi connectivity index (χ3n) is 6.49. The number of ether oxygens (including phenoxy) is 1. The minimum absolute atomic E-state index is 0. The number of carbonyl (C=O) groups is 4. The molecule has 1 aromatic heterocycles. The maximum absolute atomic E-state index is 13.5. The van der Waals surface area contributed by atoms with Crippen LogP contribution in [0.15, 0.2) is 22.7 Å². The van der Waals surface area contributed by atoms with E-state index in [9.17, 15) is 29.4 Å². The molecule has 11 nitrogen and oxygen atoms in total. The number of hydrogen-bond donors (Lipinski definition) is 4. The van der Waals surface area contributed by atoms with Crippen LogP contribution in [-0.2, 0) is 19.1 Å². The van der Waals surface area contributed by atoms with Gasteiger partial charge in [0.05, 0.1) is 17.9 Å². The number of fused-ring (bicyclic) bond motifs is 1. The molecule has 3 amide bonds. The van der Waals surface area contributed by atoms with Crippen molar-refractivity contribution in [2.24, 2.45) is 5.92 Å². The molecule has 1 saturated heterocycles. The van der Waals surface area contributed by atoms with Crippen LogP contribution in [0, 0.1) is 5.92 Å². The zero-order valence-corrected chi connectivity index (χ0v) is 26.1. The molecule has 1 saturated carbocycles. The zero-order valence-electron chi connectivity index (χ0n) is 23.5. The van der Waals surface area contributed by atoms with Crippen LogP contribution in [-0.4, -0.2) is 73.4 Å². The van der Waals surface area contributed by atoms with Crippen molar-refractivity contribution in [2.75, 3.05) is 17.7 Å². The fourth-order valence-electron chi connectivity index (χ4n) is 4.71. The van der Waals surface area contributed by atoms with E-state index in [4.69, 9.17) is 4.74 Å². The number of nitrogens with one attached hydrogen (secondary N) is 2. The molecule has 1 aromatic rings. The molecule has 4 N–H and O–H groups in total. The number of carbonyl (C=O) groups excluding carboxylic acids is 3. The van der Waals surface area contributed by atoms with Crippen molar-refractivity contribution in [3.8, 4) is 0 Å². The summed E-state index contributed by atoms with van der Waals surface area (Å²) in [5.41, 5.74) is 0.0277. The van der Waals surface area contributed by atoms with Crippen molar-refractivity contribution in [3.63, 3.8) is 0 Å². The molecule has 3 aliphatic rings. The van der Waals surface area contributed by atoms with Gasteiger partial charge < -0.3 is 21.7 Å². The summed E-state index contributed by atoms with van der Waals surface area (Å²) in [6.45, 7) is 4.80. The monoisotopic (exact) mass is 588 g/mol. The van der Waals surface area contributed by atoms with Gasteiger partial charge in [0.25, 0.3) is 11.8 Å². The molecule has 14 heteroatoms. The van der Waals surface area contributed by atoms with Crippen LogP contribution in [0.1, 0.15) is 60.0 Å². The van der Waals surface area contributed by atoms with Crippen molar-refractivity contribution in [3.05, 3.63) is 28.4 Å². The molecule has 0 spiro atoms. The molecule has 208 valence electrons. The number of thioether (sulfide) groups is 1. The Balaban J connectivity index is 0.00000280. The van der Waals surface area contributed by atoms with E-state index in [1.54, 1.807) is 26.2 Å². The van der Waals surface area contributed by atoms with Crippen LogP contribution in [0.5, 0.6) is 0 Å². The molecule has 3 heterocycles. The van der Waals surface area contributed by atoms with E-state index in [0.29, 0.717) is 23.6 Å². The topological polar surface area (TPSA) is 158 Å². The first-order valence-electron chi connectivity index (χ1n) is 12.5. The van der Waals surface area contributed by atoms with E-state index in [0.717, 1.165) is 41.9 Å². The number of rotatable bonds is 8. The van der Waals surface area contributed by atoms with Gasteiger partial charge in [-0.15, -0.1) is 23.1 Å². The number of nitrogens with zero attached hydrogens (tertiary/aromatic N) is 2. The molecule has 2 aliphatic heterocycles. The normalized spacial score (nSPS) is 21.6. The average Bonchev–Trinajstić information content (AvgIpc) is 3.52. The van der Waals surface area contributed by atoms with Crippen LogP contribution in [0.25, 0.3) is 5.57 Å². The zero-order chi connectivity index (χ0) is 27.6. The molecule has 0 unspecified atom stereocenters. The number of carboxylic acids is 1. The van der Waals surface area contributed by atoms with Crippen molar-refractivity contribution in [2.45, 2.75) is 69.9 Å². The van der Waals surface area contributed by atoms with Gasteiger partial charge in [0.15, 0.2) is 5.13 Å². The Bertz CT molecular complexity index is 1190. The second-order valence-electron chi connectivity index (χ2n) is 10.4. The average molecular weight is 589 g/mol. The number of carboxylic acid groups (broad SMARTS) is 1. The number of allylic oxidation sites excluding steroid dienone is 1. The number of aliphatic hydroxyl groups is 1. The summed E-state index contributed by atoms with van der Waals surface area (Å²) >= 11 is 2.45. The predicted octanol–water partition coefficient (Wildman–Crippen LogP) is 0.301. The first kappa shape index (κ1) is 31.6. The molecular formula is C25H33N4NaO7S2. The maximum atomic E-state index is 13.5. The number of anilines is 1. The van der Waals surface area contributed by atoms with Gasteiger partial charge in [-0.1, -0.05) is 31.8 Å². The number of aliphatic hydroxyl groups excluding tert-OH is 1. The third kappa shape index (κ3) is 7.44. The third-order valence-corrected chi connectivity index (χ3v) is 8.59. The molecule has 2 fully saturated rings. The van der Waals surface area contributed by atoms with Gasteiger partial charge in [0, 0.05) is 11.1 Å². The number of hydrogen-bond acceptors (Lipinski definition) is 9. The summed E-state index contributed by atoms with van der Waals surface area (Å²) < 4.78 is 5.27. The van der Waals surface area contributed by atoms with Gasteiger partial charge >= 0.3 is 41.6 Å². The molecule has 2 atom stereocenters. The second kappa shape index (κ2) is 13.2. The van der Waals surface area contributed by atoms with Crippen LogP contribution < -0.4 is 40.2 Å². The van der Waals surface area contributed by atoms with Gasteiger partial charge in [-0.3, -0.25) is 19.8 Å². The summed E-state index contributed by atoms with van der Waals surface area (Å²) in [5, 5.41) is 25.8. The minimum Gasteiger partial charge on any atom is -1.00 e. The molecular weight excluding hydrogens is 555 g/mol. The van der Waals surface area contributed by atoms with Crippen molar-refractivity contribution in [1.29, 1.82) is 0 Å².